The fraction of sp³-hybridized carbons (Fsp3) is 0.364. The first-order valence-corrected chi connectivity index (χ1v) is 10.2. The molecule has 1 heterocycles. The van der Waals surface area contributed by atoms with Gasteiger partial charge in [0.2, 0.25) is 5.91 Å². The van der Waals surface area contributed by atoms with Gasteiger partial charge in [-0.05, 0) is 42.7 Å². The number of aromatic nitrogens is 3. The maximum atomic E-state index is 12.5. The van der Waals surface area contributed by atoms with Gasteiger partial charge in [-0.1, -0.05) is 54.9 Å². The highest BCUT2D eigenvalue weighted by Gasteiger charge is 2.28. The second kappa shape index (κ2) is 9.18. The van der Waals surface area contributed by atoms with Gasteiger partial charge in [-0.3, -0.25) is 9.59 Å². The van der Waals surface area contributed by atoms with Crippen molar-refractivity contribution in [3.05, 3.63) is 69.5 Å². The van der Waals surface area contributed by atoms with Crippen LogP contribution in [0.3, 0.4) is 0 Å². The molecule has 1 amide bonds. The maximum absolute atomic E-state index is 12.5. The van der Waals surface area contributed by atoms with E-state index in [2.05, 4.69) is 29.5 Å². The maximum Gasteiger partial charge on any atom is 0.277 e. The second-order valence-corrected chi connectivity index (χ2v) is 7.59. The van der Waals surface area contributed by atoms with Crippen LogP contribution < -0.4 is 10.9 Å². The highest BCUT2D eigenvalue weighted by molar-refractivity contribution is 6.30. The number of fused-ring (bicyclic) bond motifs is 1. The number of carbonyl (C=O) groups is 1. The van der Waals surface area contributed by atoms with Gasteiger partial charge in [0.1, 0.15) is 5.52 Å². The minimum absolute atomic E-state index is 0.118. The minimum Gasteiger partial charge on any atom is -0.355 e. The quantitative estimate of drug-likeness (QED) is 0.611. The van der Waals surface area contributed by atoms with E-state index in [0.717, 1.165) is 18.4 Å². The van der Waals surface area contributed by atoms with Gasteiger partial charge in [0.05, 0.1) is 11.9 Å². The normalized spacial score (nSPS) is 11.6. The third-order valence-electron chi connectivity index (χ3n) is 5.61. The van der Waals surface area contributed by atoms with E-state index >= 15 is 0 Å². The number of hydrogen-bond acceptors (Lipinski definition) is 4. The van der Waals surface area contributed by atoms with Gasteiger partial charge in [-0.2, -0.15) is 0 Å². The average molecular weight is 413 g/mol. The smallest absolute Gasteiger partial charge is 0.277 e. The van der Waals surface area contributed by atoms with Crippen LogP contribution in [0.25, 0.3) is 10.9 Å². The Balaban J connectivity index is 1.65. The van der Waals surface area contributed by atoms with Crippen LogP contribution in [0.4, 0.5) is 0 Å². The highest BCUT2D eigenvalue weighted by atomic mass is 35.5. The molecule has 0 aliphatic carbocycles. The molecule has 1 aromatic heterocycles. The first-order valence-electron chi connectivity index (χ1n) is 9.84. The molecule has 0 atom stereocenters. The van der Waals surface area contributed by atoms with Crippen LogP contribution >= 0.6 is 11.6 Å². The van der Waals surface area contributed by atoms with Gasteiger partial charge in [-0.15, -0.1) is 5.10 Å². The molecule has 7 heteroatoms. The van der Waals surface area contributed by atoms with E-state index in [1.165, 1.54) is 4.68 Å². The predicted octanol–water partition coefficient (Wildman–Crippen LogP) is 3.71. The van der Waals surface area contributed by atoms with Crippen molar-refractivity contribution < 1.29 is 4.79 Å². The number of aryl methyl sites for hydroxylation is 1. The lowest BCUT2D eigenvalue weighted by molar-refractivity contribution is -0.121. The summed E-state index contributed by atoms with van der Waals surface area (Å²) in [6, 6.07) is 14.8. The Labute approximate surface area is 174 Å². The molecule has 0 aliphatic heterocycles. The lowest BCUT2D eigenvalue weighted by Crippen LogP contribution is -2.40. The lowest BCUT2D eigenvalue weighted by Gasteiger charge is -2.32. The molecule has 0 saturated heterocycles. The van der Waals surface area contributed by atoms with Crippen molar-refractivity contribution in [1.29, 1.82) is 0 Å². The van der Waals surface area contributed by atoms with Crippen LogP contribution in [-0.4, -0.2) is 27.4 Å². The summed E-state index contributed by atoms with van der Waals surface area (Å²) in [6.45, 7) is 4.95. The van der Waals surface area contributed by atoms with Crippen LogP contribution in [0.2, 0.25) is 5.02 Å². The molecule has 0 saturated carbocycles. The summed E-state index contributed by atoms with van der Waals surface area (Å²) in [5.74, 6) is -0.118. The van der Waals surface area contributed by atoms with E-state index in [9.17, 15) is 9.59 Å². The van der Waals surface area contributed by atoms with Crippen molar-refractivity contribution in [1.82, 2.24) is 20.3 Å². The number of benzene rings is 2. The van der Waals surface area contributed by atoms with Crippen LogP contribution in [0.5, 0.6) is 0 Å². The number of nitrogens with one attached hydrogen (secondary N) is 1. The SMILES string of the molecule is CCC(CC)(CNC(=O)CCn1nnc2ccccc2c1=O)c1ccc(Cl)cc1. The van der Waals surface area contributed by atoms with E-state index < -0.39 is 0 Å². The summed E-state index contributed by atoms with van der Waals surface area (Å²) in [5, 5.41) is 12.2. The Morgan fingerprint density at radius 3 is 2.48 bits per heavy atom. The number of rotatable bonds is 8. The molecule has 1 N–H and O–H groups in total. The monoisotopic (exact) mass is 412 g/mol. The van der Waals surface area contributed by atoms with Crippen molar-refractivity contribution >= 4 is 28.4 Å². The van der Waals surface area contributed by atoms with Gasteiger partial charge in [0.15, 0.2) is 0 Å². The molecule has 2 aromatic carbocycles. The molecule has 3 aromatic rings. The fourth-order valence-electron chi connectivity index (χ4n) is 3.55. The Morgan fingerprint density at radius 1 is 1.10 bits per heavy atom. The van der Waals surface area contributed by atoms with E-state index in [-0.39, 0.29) is 29.8 Å². The third kappa shape index (κ3) is 4.65. The van der Waals surface area contributed by atoms with Gasteiger partial charge in [-0.25, -0.2) is 4.68 Å². The third-order valence-corrected chi connectivity index (χ3v) is 5.87. The van der Waals surface area contributed by atoms with E-state index in [0.29, 0.717) is 22.5 Å². The molecule has 3 rings (SSSR count). The van der Waals surface area contributed by atoms with Crippen molar-refractivity contribution in [2.24, 2.45) is 0 Å². The topological polar surface area (TPSA) is 76.9 Å². The van der Waals surface area contributed by atoms with Crippen LogP contribution in [-0.2, 0) is 16.8 Å². The Bertz CT molecular complexity index is 1040. The zero-order chi connectivity index (χ0) is 20.9. The van der Waals surface area contributed by atoms with Crippen molar-refractivity contribution in [3.63, 3.8) is 0 Å². The van der Waals surface area contributed by atoms with Gasteiger partial charge < -0.3 is 5.32 Å². The molecule has 0 aliphatic rings. The largest absolute Gasteiger partial charge is 0.355 e. The summed E-state index contributed by atoms with van der Waals surface area (Å²) >= 11 is 6.02. The van der Waals surface area contributed by atoms with Gasteiger partial charge in [0, 0.05) is 23.4 Å². The van der Waals surface area contributed by atoms with Crippen molar-refractivity contribution in [2.75, 3.05) is 6.54 Å². The van der Waals surface area contributed by atoms with E-state index in [1.54, 1.807) is 18.2 Å². The summed E-state index contributed by atoms with van der Waals surface area (Å²) in [6.07, 6.45) is 1.94. The molecule has 29 heavy (non-hydrogen) atoms. The Morgan fingerprint density at radius 2 is 1.79 bits per heavy atom. The van der Waals surface area contributed by atoms with E-state index in [4.69, 9.17) is 11.6 Å². The van der Waals surface area contributed by atoms with Crippen LogP contribution in [0.15, 0.2) is 53.3 Å². The molecule has 0 bridgehead atoms. The second-order valence-electron chi connectivity index (χ2n) is 7.16. The molecule has 0 unspecified atom stereocenters. The predicted molar refractivity (Wildman–Crippen MR) is 115 cm³/mol. The van der Waals surface area contributed by atoms with Crippen LogP contribution in [0, 0.1) is 0 Å². The molecular weight excluding hydrogens is 388 g/mol. The van der Waals surface area contributed by atoms with E-state index in [1.807, 2.05) is 30.3 Å². The van der Waals surface area contributed by atoms with Crippen LogP contribution in [0.1, 0.15) is 38.7 Å². The summed E-state index contributed by atoms with van der Waals surface area (Å²) in [4.78, 5) is 24.9. The summed E-state index contributed by atoms with van der Waals surface area (Å²) in [5.41, 5.74) is 1.32. The summed E-state index contributed by atoms with van der Waals surface area (Å²) in [7, 11) is 0. The van der Waals surface area contributed by atoms with Gasteiger partial charge >= 0.3 is 0 Å². The average Bonchev–Trinajstić information content (AvgIpc) is 2.75. The number of halogens is 1. The minimum atomic E-state index is -0.235. The Hall–Kier alpha value is -2.73. The molecule has 0 spiro atoms. The molecule has 0 fully saturated rings. The molecular formula is C22H25ClN4O2. The Kier molecular flexibility index (Phi) is 6.64. The van der Waals surface area contributed by atoms with Crippen molar-refractivity contribution in [2.45, 2.75) is 45.1 Å². The zero-order valence-electron chi connectivity index (χ0n) is 16.7. The number of hydrogen-bond donors (Lipinski definition) is 1. The lowest BCUT2D eigenvalue weighted by atomic mass is 9.76. The van der Waals surface area contributed by atoms with Crippen molar-refractivity contribution in [3.8, 4) is 0 Å². The standard InChI is InChI=1S/C22H25ClN4O2/c1-3-22(4-2,16-9-11-17(23)12-10-16)15-24-20(28)13-14-27-21(29)18-7-5-6-8-19(18)25-26-27/h5-12H,3-4,13-15H2,1-2H3,(H,24,28). The summed E-state index contributed by atoms with van der Waals surface area (Å²) < 4.78 is 1.24. The zero-order valence-corrected chi connectivity index (χ0v) is 17.4. The molecule has 0 radical (unpaired) electrons. The number of amides is 1. The number of nitrogens with zero attached hydrogens (tertiary/aromatic N) is 3. The highest BCUT2D eigenvalue weighted by Crippen LogP contribution is 2.31. The van der Waals surface area contributed by atoms with Gasteiger partial charge in [0.25, 0.3) is 5.56 Å². The fourth-order valence-corrected chi connectivity index (χ4v) is 3.67. The first kappa shape index (κ1) is 21.0. The number of carbonyl (C=O) groups excluding carboxylic acids is 1. The molecule has 6 nitrogen and oxygen atoms in total. The molecule has 152 valence electrons. The first-order chi connectivity index (χ1) is 14.0.